The van der Waals surface area contributed by atoms with Gasteiger partial charge in [0.15, 0.2) is 0 Å². The van der Waals surface area contributed by atoms with Gasteiger partial charge in [-0.2, -0.15) is 0 Å². The van der Waals surface area contributed by atoms with E-state index in [-0.39, 0.29) is 12.0 Å². The number of carbonyl (C=O) groups is 1. The van der Waals surface area contributed by atoms with E-state index >= 15 is 0 Å². The maximum Gasteiger partial charge on any atom is 0.240 e. The highest BCUT2D eigenvalue weighted by Crippen LogP contribution is 2.46. The van der Waals surface area contributed by atoms with Crippen LogP contribution in [0.3, 0.4) is 0 Å². The van der Waals surface area contributed by atoms with E-state index in [1.165, 1.54) is 0 Å². The number of fused-ring (bicyclic) bond motifs is 3. The van der Waals surface area contributed by atoms with Crippen LogP contribution < -0.4 is 4.72 Å². The summed E-state index contributed by atoms with van der Waals surface area (Å²) in [5.41, 5.74) is 0. The number of nitrogens with one attached hydrogen (secondary N) is 1. The van der Waals surface area contributed by atoms with Crippen molar-refractivity contribution in [2.24, 2.45) is 17.8 Å². The van der Waals surface area contributed by atoms with Gasteiger partial charge in [0, 0.05) is 12.5 Å². The summed E-state index contributed by atoms with van der Waals surface area (Å²) < 4.78 is 27.9. The van der Waals surface area contributed by atoms with E-state index in [2.05, 4.69) is 4.72 Å². The zero-order valence-corrected chi connectivity index (χ0v) is 12.8. The first-order valence-electron chi connectivity index (χ1n) is 7.63. The minimum absolute atomic E-state index is 0.0899. The molecule has 1 N–H and O–H groups in total. The van der Waals surface area contributed by atoms with Crippen molar-refractivity contribution in [2.75, 3.05) is 0 Å². The molecule has 3 fully saturated rings. The average Bonchev–Trinajstić information content (AvgIpc) is 2.51. The van der Waals surface area contributed by atoms with Crippen molar-refractivity contribution in [3.8, 4) is 0 Å². The summed E-state index contributed by atoms with van der Waals surface area (Å²) in [7, 11) is -3.50. The zero-order valence-electron chi connectivity index (χ0n) is 11.9. The van der Waals surface area contributed by atoms with Crippen LogP contribution in [0, 0.1) is 17.8 Å². The lowest BCUT2D eigenvalue weighted by atomic mass is 9.61. The Morgan fingerprint density at radius 3 is 2.29 bits per heavy atom. The van der Waals surface area contributed by atoms with Gasteiger partial charge in [-0.05, 0) is 55.6 Å². The van der Waals surface area contributed by atoms with Gasteiger partial charge < -0.3 is 4.79 Å². The number of aldehydes is 1. The second kappa shape index (κ2) is 5.89. The van der Waals surface area contributed by atoms with Crippen molar-refractivity contribution in [2.45, 2.75) is 43.0 Å². The third-order valence-electron chi connectivity index (χ3n) is 5.10. The summed E-state index contributed by atoms with van der Waals surface area (Å²) in [4.78, 5) is 11.3. The molecule has 2 bridgehead atoms. The molecule has 0 amide bonds. The lowest BCUT2D eigenvalue weighted by Crippen LogP contribution is -2.53. The summed E-state index contributed by atoms with van der Waals surface area (Å²) in [6, 6.07) is 8.38. The Morgan fingerprint density at radius 1 is 1.05 bits per heavy atom. The van der Waals surface area contributed by atoms with Crippen molar-refractivity contribution in [1.29, 1.82) is 0 Å². The molecule has 3 aliphatic rings. The molecule has 0 aliphatic heterocycles. The second-order valence-electron chi connectivity index (χ2n) is 6.20. The molecule has 4 rings (SSSR count). The molecule has 3 saturated carbocycles. The molecule has 1 unspecified atom stereocenters. The normalized spacial score (nSPS) is 32.0. The van der Waals surface area contributed by atoms with Gasteiger partial charge in [0.1, 0.15) is 6.29 Å². The molecule has 21 heavy (non-hydrogen) atoms. The Morgan fingerprint density at radius 2 is 1.67 bits per heavy atom. The molecule has 5 heteroatoms. The van der Waals surface area contributed by atoms with Gasteiger partial charge in [-0.3, -0.25) is 0 Å². The second-order valence-corrected chi connectivity index (χ2v) is 7.92. The van der Waals surface area contributed by atoms with Crippen LogP contribution in [0.1, 0.15) is 32.1 Å². The predicted molar refractivity (Wildman–Crippen MR) is 80.2 cm³/mol. The lowest BCUT2D eigenvalue weighted by molar-refractivity contribution is -0.110. The smallest absolute Gasteiger partial charge is 0.240 e. The van der Waals surface area contributed by atoms with Crippen LogP contribution in [0.15, 0.2) is 35.2 Å². The molecule has 114 valence electrons. The van der Waals surface area contributed by atoms with Gasteiger partial charge >= 0.3 is 0 Å². The predicted octanol–water partition coefficient (Wildman–Crippen LogP) is 2.36. The number of rotatable bonds is 5. The molecule has 4 nitrogen and oxygen atoms in total. The average molecular weight is 307 g/mol. The molecule has 1 aromatic carbocycles. The van der Waals surface area contributed by atoms with E-state index < -0.39 is 10.0 Å². The fraction of sp³-hybridized carbons (Fsp3) is 0.562. The standard InChI is InChI=1S/C16H21NO3S/c18-11-10-15-12-6-8-13(9-7-12)16(15)17-21(19,20)14-4-2-1-3-5-14/h1-5,11-13,15-17H,6-10H2/t12?,13?,15?,16-/m0/s1. The van der Waals surface area contributed by atoms with Crippen molar-refractivity contribution < 1.29 is 13.2 Å². The van der Waals surface area contributed by atoms with Gasteiger partial charge in [-0.25, -0.2) is 13.1 Å². The molecule has 0 heterocycles. The highest BCUT2D eigenvalue weighted by Gasteiger charge is 2.44. The number of benzene rings is 1. The Hall–Kier alpha value is -1.20. The molecule has 0 radical (unpaired) electrons. The SMILES string of the molecule is O=CCC1C2CCC(CC2)[C@@H]1NS(=O)(=O)c1ccccc1. The van der Waals surface area contributed by atoms with E-state index in [1.54, 1.807) is 30.3 Å². The molecular weight excluding hydrogens is 286 g/mol. The van der Waals surface area contributed by atoms with Crippen LogP contribution in [0.2, 0.25) is 0 Å². The van der Waals surface area contributed by atoms with Crippen LogP contribution in [0.4, 0.5) is 0 Å². The van der Waals surface area contributed by atoms with Crippen LogP contribution in [0.5, 0.6) is 0 Å². The highest BCUT2D eigenvalue weighted by molar-refractivity contribution is 7.89. The highest BCUT2D eigenvalue weighted by atomic mass is 32.2. The first-order valence-corrected chi connectivity index (χ1v) is 9.11. The van der Waals surface area contributed by atoms with E-state index in [1.807, 2.05) is 0 Å². The molecule has 0 spiro atoms. The molecular formula is C16H21NO3S. The van der Waals surface area contributed by atoms with E-state index in [9.17, 15) is 13.2 Å². The largest absolute Gasteiger partial charge is 0.303 e. The third kappa shape index (κ3) is 2.90. The van der Waals surface area contributed by atoms with E-state index in [0.29, 0.717) is 23.2 Å². The van der Waals surface area contributed by atoms with Crippen LogP contribution in [-0.2, 0) is 14.8 Å². The van der Waals surface area contributed by atoms with Gasteiger partial charge in [0.2, 0.25) is 10.0 Å². The number of sulfonamides is 1. The number of hydrogen-bond donors (Lipinski definition) is 1. The van der Waals surface area contributed by atoms with Gasteiger partial charge in [0.25, 0.3) is 0 Å². The van der Waals surface area contributed by atoms with E-state index in [0.717, 1.165) is 32.0 Å². The van der Waals surface area contributed by atoms with Gasteiger partial charge in [-0.1, -0.05) is 18.2 Å². The fourth-order valence-corrected chi connectivity index (χ4v) is 5.43. The first-order chi connectivity index (χ1) is 10.1. The molecule has 0 aromatic heterocycles. The summed E-state index contributed by atoms with van der Waals surface area (Å²) >= 11 is 0. The monoisotopic (exact) mass is 307 g/mol. The maximum atomic E-state index is 12.5. The molecule has 3 aliphatic carbocycles. The lowest BCUT2D eigenvalue weighted by Gasteiger charge is -2.48. The minimum atomic E-state index is -3.50. The third-order valence-corrected chi connectivity index (χ3v) is 6.58. The minimum Gasteiger partial charge on any atom is -0.303 e. The number of hydrogen-bond acceptors (Lipinski definition) is 3. The topological polar surface area (TPSA) is 63.2 Å². The van der Waals surface area contributed by atoms with E-state index in [4.69, 9.17) is 0 Å². The van der Waals surface area contributed by atoms with Gasteiger partial charge in [-0.15, -0.1) is 0 Å². The van der Waals surface area contributed by atoms with Crippen LogP contribution in [-0.4, -0.2) is 20.7 Å². The van der Waals surface area contributed by atoms with Crippen molar-refractivity contribution in [1.82, 2.24) is 4.72 Å². The zero-order chi connectivity index (χ0) is 14.9. The summed E-state index contributed by atoms with van der Waals surface area (Å²) in [6.45, 7) is 0. The maximum absolute atomic E-state index is 12.5. The number of carbonyl (C=O) groups excluding carboxylic acids is 1. The van der Waals surface area contributed by atoms with Crippen molar-refractivity contribution >= 4 is 16.3 Å². The Balaban J connectivity index is 1.83. The summed E-state index contributed by atoms with van der Waals surface area (Å²) in [5, 5.41) is 0. The van der Waals surface area contributed by atoms with Crippen molar-refractivity contribution in [3.63, 3.8) is 0 Å². The van der Waals surface area contributed by atoms with Crippen LogP contribution >= 0.6 is 0 Å². The fourth-order valence-electron chi connectivity index (χ4n) is 4.06. The molecule has 1 aromatic rings. The quantitative estimate of drug-likeness (QED) is 0.849. The first kappa shape index (κ1) is 14.7. The summed E-state index contributed by atoms with van der Waals surface area (Å²) in [6.07, 6.45) is 5.81. The van der Waals surface area contributed by atoms with Gasteiger partial charge in [0.05, 0.1) is 4.90 Å². The van der Waals surface area contributed by atoms with Crippen LogP contribution in [0.25, 0.3) is 0 Å². The Labute approximate surface area is 126 Å². The molecule has 0 saturated heterocycles. The molecule has 2 atom stereocenters. The Bertz CT molecular complexity index is 591. The van der Waals surface area contributed by atoms with Crippen molar-refractivity contribution in [3.05, 3.63) is 30.3 Å². The summed E-state index contributed by atoms with van der Waals surface area (Å²) in [5.74, 6) is 1.02. The Kier molecular flexibility index (Phi) is 4.13.